The summed E-state index contributed by atoms with van der Waals surface area (Å²) < 4.78 is 0. The van der Waals surface area contributed by atoms with Crippen molar-refractivity contribution in [3.8, 4) is 0 Å². The van der Waals surface area contributed by atoms with Crippen LogP contribution in [-0.2, 0) is 9.59 Å². The Labute approximate surface area is 103 Å². The van der Waals surface area contributed by atoms with Crippen molar-refractivity contribution in [1.29, 1.82) is 0 Å². The molecule has 5 heteroatoms. The van der Waals surface area contributed by atoms with Gasteiger partial charge in [-0.05, 0) is 12.5 Å². The van der Waals surface area contributed by atoms with E-state index in [1.165, 1.54) is 0 Å². The average Bonchev–Trinajstić information content (AvgIpc) is 2.31. The summed E-state index contributed by atoms with van der Waals surface area (Å²) in [6.45, 7) is 8.85. The first-order chi connectivity index (χ1) is 7.93. The van der Waals surface area contributed by atoms with Gasteiger partial charge < -0.3 is 15.7 Å². The minimum Gasteiger partial charge on any atom is -0.480 e. The Morgan fingerprint density at radius 2 is 1.82 bits per heavy atom. The fraction of sp³-hybridized carbons (Fsp3) is 0.833. The number of hydrogen-bond donors (Lipinski definition) is 3. The molecule has 0 heterocycles. The largest absolute Gasteiger partial charge is 0.480 e. The molecule has 0 aromatic carbocycles. The quantitative estimate of drug-likeness (QED) is 0.591. The molecule has 0 bridgehead atoms. The summed E-state index contributed by atoms with van der Waals surface area (Å²) in [4.78, 5) is 22.8. The highest BCUT2D eigenvalue weighted by Gasteiger charge is 2.26. The van der Waals surface area contributed by atoms with E-state index in [0.29, 0.717) is 6.54 Å². The van der Waals surface area contributed by atoms with E-state index in [1.807, 2.05) is 20.8 Å². The average molecular weight is 244 g/mol. The third kappa shape index (κ3) is 5.68. The molecule has 0 spiro atoms. The van der Waals surface area contributed by atoms with E-state index < -0.39 is 12.0 Å². The van der Waals surface area contributed by atoms with Crippen LogP contribution in [0.3, 0.4) is 0 Å². The van der Waals surface area contributed by atoms with Crippen LogP contribution in [0.25, 0.3) is 0 Å². The van der Waals surface area contributed by atoms with Gasteiger partial charge in [0.1, 0.15) is 6.04 Å². The molecule has 5 nitrogen and oxygen atoms in total. The zero-order chi connectivity index (χ0) is 13.4. The minimum absolute atomic E-state index is 0.0669. The van der Waals surface area contributed by atoms with Crippen LogP contribution in [-0.4, -0.2) is 36.1 Å². The van der Waals surface area contributed by atoms with Crippen LogP contribution in [0.15, 0.2) is 0 Å². The van der Waals surface area contributed by atoms with Crippen LogP contribution in [0.2, 0.25) is 0 Å². The SMILES string of the molecule is CCNCC(C)C(=O)N[C@H](C(=O)O)[C@@H](C)CC. The highest BCUT2D eigenvalue weighted by Crippen LogP contribution is 2.08. The van der Waals surface area contributed by atoms with E-state index in [0.717, 1.165) is 13.0 Å². The van der Waals surface area contributed by atoms with E-state index in [1.54, 1.807) is 6.92 Å². The molecule has 1 unspecified atom stereocenters. The zero-order valence-electron chi connectivity index (χ0n) is 11.1. The molecule has 0 aromatic heterocycles. The highest BCUT2D eigenvalue weighted by atomic mass is 16.4. The molecule has 0 aromatic rings. The summed E-state index contributed by atoms with van der Waals surface area (Å²) in [5.41, 5.74) is 0. The molecule has 0 aliphatic heterocycles. The molecule has 0 saturated heterocycles. The summed E-state index contributed by atoms with van der Waals surface area (Å²) in [6, 6.07) is -0.795. The van der Waals surface area contributed by atoms with Crippen molar-refractivity contribution in [2.24, 2.45) is 11.8 Å². The fourth-order valence-corrected chi connectivity index (χ4v) is 1.43. The van der Waals surface area contributed by atoms with E-state index in [-0.39, 0.29) is 17.7 Å². The standard InChI is InChI=1S/C12H24N2O3/c1-5-8(3)10(12(16)17)14-11(15)9(4)7-13-6-2/h8-10,13H,5-7H2,1-4H3,(H,14,15)(H,16,17)/t8-,9?,10-/m0/s1. The maximum atomic E-state index is 11.8. The van der Waals surface area contributed by atoms with Crippen molar-refractivity contribution < 1.29 is 14.7 Å². The van der Waals surface area contributed by atoms with Crippen molar-refractivity contribution >= 4 is 11.9 Å². The third-order valence-electron chi connectivity index (χ3n) is 2.92. The second-order valence-electron chi connectivity index (χ2n) is 4.42. The molecular weight excluding hydrogens is 220 g/mol. The number of hydrogen-bond acceptors (Lipinski definition) is 3. The van der Waals surface area contributed by atoms with E-state index in [9.17, 15) is 9.59 Å². The number of nitrogens with one attached hydrogen (secondary N) is 2. The molecule has 0 fully saturated rings. The lowest BCUT2D eigenvalue weighted by atomic mass is 9.98. The molecule has 100 valence electrons. The maximum absolute atomic E-state index is 11.8. The van der Waals surface area contributed by atoms with Crippen molar-refractivity contribution in [3.05, 3.63) is 0 Å². The van der Waals surface area contributed by atoms with E-state index in [2.05, 4.69) is 10.6 Å². The van der Waals surface area contributed by atoms with E-state index >= 15 is 0 Å². The highest BCUT2D eigenvalue weighted by molar-refractivity contribution is 5.85. The molecule has 17 heavy (non-hydrogen) atoms. The fourth-order valence-electron chi connectivity index (χ4n) is 1.43. The van der Waals surface area contributed by atoms with Crippen LogP contribution >= 0.6 is 0 Å². The van der Waals surface area contributed by atoms with Gasteiger partial charge in [0, 0.05) is 12.5 Å². The number of carbonyl (C=O) groups excluding carboxylic acids is 1. The van der Waals surface area contributed by atoms with Crippen LogP contribution in [0.1, 0.15) is 34.1 Å². The summed E-state index contributed by atoms with van der Waals surface area (Å²) in [5, 5.41) is 14.7. The Kier molecular flexibility index (Phi) is 7.54. The van der Waals surface area contributed by atoms with Gasteiger partial charge in [-0.1, -0.05) is 34.1 Å². The lowest BCUT2D eigenvalue weighted by Crippen LogP contribution is -2.48. The monoisotopic (exact) mass is 244 g/mol. The number of rotatable bonds is 8. The first kappa shape index (κ1) is 15.9. The number of carbonyl (C=O) groups is 2. The molecule has 0 saturated carbocycles. The van der Waals surface area contributed by atoms with Gasteiger partial charge in [0.25, 0.3) is 0 Å². The lowest BCUT2D eigenvalue weighted by Gasteiger charge is -2.22. The predicted molar refractivity (Wildman–Crippen MR) is 66.7 cm³/mol. The van der Waals surface area contributed by atoms with Crippen LogP contribution in [0.5, 0.6) is 0 Å². The molecule has 0 aliphatic rings. The van der Waals surface area contributed by atoms with Crippen molar-refractivity contribution in [1.82, 2.24) is 10.6 Å². The van der Waals surface area contributed by atoms with Gasteiger partial charge in [0.15, 0.2) is 0 Å². The molecule has 3 atom stereocenters. The van der Waals surface area contributed by atoms with Gasteiger partial charge in [-0.15, -0.1) is 0 Å². The maximum Gasteiger partial charge on any atom is 0.326 e. The predicted octanol–water partition coefficient (Wildman–Crippen LogP) is 0.847. The van der Waals surface area contributed by atoms with Crippen molar-refractivity contribution in [3.63, 3.8) is 0 Å². The molecule has 0 aliphatic carbocycles. The van der Waals surface area contributed by atoms with Gasteiger partial charge in [0.05, 0.1) is 0 Å². The second kappa shape index (κ2) is 8.06. The van der Waals surface area contributed by atoms with Crippen molar-refractivity contribution in [2.45, 2.75) is 40.2 Å². The van der Waals surface area contributed by atoms with Crippen LogP contribution in [0.4, 0.5) is 0 Å². The van der Waals surface area contributed by atoms with Gasteiger partial charge in [-0.25, -0.2) is 4.79 Å². The zero-order valence-corrected chi connectivity index (χ0v) is 11.1. The van der Waals surface area contributed by atoms with Gasteiger partial charge in [-0.2, -0.15) is 0 Å². The molecule has 0 rings (SSSR count). The normalized spacial score (nSPS) is 16.0. The number of carboxylic acids is 1. The first-order valence-corrected chi connectivity index (χ1v) is 6.17. The second-order valence-corrected chi connectivity index (χ2v) is 4.42. The molecule has 1 amide bonds. The Morgan fingerprint density at radius 3 is 2.24 bits per heavy atom. The lowest BCUT2D eigenvalue weighted by molar-refractivity contribution is -0.143. The summed E-state index contributed by atoms with van der Waals surface area (Å²) in [7, 11) is 0. The third-order valence-corrected chi connectivity index (χ3v) is 2.92. The smallest absolute Gasteiger partial charge is 0.326 e. The van der Waals surface area contributed by atoms with Gasteiger partial charge in [0.2, 0.25) is 5.91 Å². The van der Waals surface area contributed by atoms with Crippen LogP contribution < -0.4 is 10.6 Å². The van der Waals surface area contributed by atoms with Crippen molar-refractivity contribution in [2.75, 3.05) is 13.1 Å². The molecular formula is C12H24N2O3. The summed E-state index contributed by atoms with van der Waals surface area (Å²) in [6.07, 6.45) is 0.721. The Hall–Kier alpha value is -1.10. The minimum atomic E-state index is -0.969. The topological polar surface area (TPSA) is 78.4 Å². The van der Waals surface area contributed by atoms with Gasteiger partial charge >= 0.3 is 5.97 Å². The van der Waals surface area contributed by atoms with E-state index in [4.69, 9.17) is 5.11 Å². The van der Waals surface area contributed by atoms with Gasteiger partial charge in [-0.3, -0.25) is 4.79 Å². The van der Waals surface area contributed by atoms with Crippen LogP contribution in [0, 0.1) is 11.8 Å². The first-order valence-electron chi connectivity index (χ1n) is 6.17. The Bertz CT molecular complexity index is 256. The number of carboxylic acid groups (broad SMARTS) is 1. The molecule has 0 radical (unpaired) electrons. The Morgan fingerprint density at radius 1 is 1.24 bits per heavy atom. The number of aliphatic carboxylic acids is 1. The summed E-state index contributed by atoms with van der Waals surface area (Å²) in [5.74, 6) is -1.47. The number of amides is 1. The summed E-state index contributed by atoms with van der Waals surface area (Å²) >= 11 is 0. The Balaban J connectivity index is 4.35. The molecule has 3 N–H and O–H groups in total.